The van der Waals surface area contributed by atoms with Crippen molar-refractivity contribution in [3.8, 4) is 0 Å². The van der Waals surface area contributed by atoms with Gasteiger partial charge in [0, 0.05) is 24.7 Å². The molecule has 5 nitrogen and oxygen atoms in total. The number of hydrogen-bond donors (Lipinski definition) is 1. The van der Waals surface area contributed by atoms with Crippen LogP contribution < -0.4 is 5.32 Å². The molecular weight excluding hydrogens is 396 g/mol. The van der Waals surface area contributed by atoms with Crippen LogP contribution in [0.4, 0.5) is 0 Å². The molecule has 0 radical (unpaired) electrons. The first-order chi connectivity index (χ1) is 13.5. The van der Waals surface area contributed by atoms with E-state index in [1.54, 1.807) is 12.1 Å². The van der Waals surface area contributed by atoms with Crippen molar-refractivity contribution in [1.82, 2.24) is 9.62 Å². The zero-order valence-corrected chi connectivity index (χ0v) is 17.3. The highest BCUT2D eigenvalue weighted by atomic mass is 35.5. The van der Waals surface area contributed by atoms with Crippen molar-refractivity contribution < 1.29 is 13.2 Å². The average molecular weight is 421 g/mol. The van der Waals surface area contributed by atoms with Gasteiger partial charge in [0.05, 0.1) is 10.8 Å². The SMILES string of the molecule is O=C(NCCCc1ccccc1)C1CCCN(S(=O)(=O)c2cccc(Cl)c2)C1. The third-order valence-corrected chi connectivity index (χ3v) is 7.07. The van der Waals surface area contributed by atoms with Crippen molar-refractivity contribution in [1.29, 1.82) is 0 Å². The van der Waals surface area contributed by atoms with Gasteiger partial charge >= 0.3 is 0 Å². The van der Waals surface area contributed by atoms with E-state index in [1.807, 2.05) is 18.2 Å². The molecule has 150 valence electrons. The number of hydrogen-bond acceptors (Lipinski definition) is 3. The second kappa shape index (κ2) is 9.54. The smallest absolute Gasteiger partial charge is 0.243 e. The third-order valence-electron chi connectivity index (χ3n) is 4.97. The number of aryl methyl sites for hydroxylation is 1. The average Bonchev–Trinajstić information content (AvgIpc) is 2.72. The minimum atomic E-state index is -3.64. The zero-order valence-electron chi connectivity index (χ0n) is 15.7. The van der Waals surface area contributed by atoms with Crippen LogP contribution in [0.25, 0.3) is 0 Å². The van der Waals surface area contributed by atoms with Crippen molar-refractivity contribution in [3.05, 3.63) is 65.2 Å². The van der Waals surface area contributed by atoms with Crippen molar-refractivity contribution in [2.45, 2.75) is 30.6 Å². The molecule has 1 aliphatic heterocycles. The first-order valence-corrected chi connectivity index (χ1v) is 11.4. The maximum atomic E-state index is 12.9. The Kier molecular flexibility index (Phi) is 7.10. The number of benzene rings is 2. The molecule has 7 heteroatoms. The lowest BCUT2D eigenvalue weighted by atomic mass is 9.99. The van der Waals surface area contributed by atoms with Gasteiger partial charge in [-0.2, -0.15) is 4.31 Å². The minimum absolute atomic E-state index is 0.0703. The summed E-state index contributed by atoms with van der Waals surface area (Å²) in [5, 5.41) is 3.34. The molecule has 28 heavy (non-hydrogen) atoms. The zero-order chi connectivity index (χ0) is 20.0. The fourth-order valence-corrected chi connectivity index (χ4v) is 5.27. The van der Waals surface area contributed by atoms with Gasteiger partial charge in [0.2, 0.25) is 15.9 Å². The summed E-state index contributed by atoms with van der Waals surface area (Å²) in [6, 6.07) is 16.4. The van der Waals surface area contributed by atoms with Gasteiger partial charge in [0.25, 0.3) is 0 Å². The van der Waals surface area contributed by atoms with Crippen LogP contribution in [0, 0.1) is 5.92 Å². The highest BCUT2D eigenvalue weighted by Gasteiger charge is 2.33. The van der Waals surface area contributed by atoms with Crippen LogP contribution in [0.3, 0.4) is 0 Å². The van der Waals surface area contributed by atoms with E-state index >= 15 is 0 Å². The Morgan fingerprint density at radius 2 is 1.93 bits per heavy atom. The van der Waals surface area contributed by atoms with Crippen LogP contribution in [0.15, 0.2) is 59.5 Å². The van der Waals surface area contributed by atoms with E-state index in [9.17, 15) is 13.2 Å². The van der Waals surface area contributed by atoms with Crippen LogP contribution in [-0.4, -0.2) is 38.3 Å². The van der Waals surface area contributed by atoms with E-state index in [0.717, 1.165) is 12.8 Å². The van der Waals surface area contributed by atoms with Gasteiger partial charge in [-0.25, -0.2) is 8.42 Å². The van der Waals surface area contributed by atoms with Crippen LogP contribution >= 0.6 is 11.6 Å². The number of nitrogens with one attached hydrogen (secondary N) is 1. The molecule has 3 rings (SSSR count). The minimum Gasteiger partial charge on any atom is -0.356 e. The second-order valence-electron chi connectivity index (χ2n) is 7.04. The summed E-state index contributed by atoms with van der Waals surface area (Å²) < 4.78 is 27.1. The van der Waals surface area contributed by atoms with Gasteiger partial charge < -0.3 is 5.32 Å². The molecule has 1 saturated heterocycles. The van der Waals surface area contributed by atoms with E-state index in [-0.39, 0.29) is 23.3 Å². The van der Waals surface area contributed by atoms with E-state index in [0.29, 0.717) is 31.0 Å². The normalized spacial score (nSPS) is 18.0. The standard InChI is InChI=1S/C21H25ClN2O3S/c22-19-11-4-12-20(15-19)28(26,27)24-14-6-10-18(16-24)21(25)23-13-5-9-17-7-2-1-3-8-17/h1-4,7-8,11-12,15,18H,5-6,9-10,13-14,16H2,(H,23,25). The third kappa shape index (κ3) is 5.34. The second-order valence-corrected chi connectivity index (χ2v) is 9.41. The molecule has 1 fully saturated rings. The monoisotopic (exact) mass is 420 g/mol. The fourth-order valence-electron chi connectivity index (χ4n) is 3.44. The molecule has 1 unspecified atom stereocenters. The number of rotatable bonds is 7. The van der Waals surface area contributed by atoms with Gasteiger partial charge in [-0.3, -0.25) is 4.79 Å². The Bertz CT molecular complexity index is 903. The van der Waals surface area contributed by atoms with E-state index in [1.165, 1.54) is 22.0 Å². The Balaban J connectivity index is 1.53. The molecular formula is C21H25ClN2O3S. The predicted octanol–water partition coefficient (Wildman–Crippen LogP) is 3.49. The van der Waals surface area contributed by atoms with E-state index < -0.39 is 10.0 Å². The predicted molar refractivity (Wildman–Crippen MR) is 111 cm³/mol. The van der Waals surface area contributed by atoms with Crippen LogP contribution in [0.2, 0.25) is 5.02 Å². The van der Waals surface area contributed by atoms with Gasteiger partial charge in [0.1, 0.15) is 0 Å². The van der Waals surface area contributed by atoms with Crippen LogP contribution in [0.5, 0.6) is 0 Å². The molecule has 1 atom stereocenters. The molecule has 2 aromatic rings. The first-order valence-electron chi connectivity index (χ1n) is 9.54. The molecule has 1 heterocycles. The molecule has 0 bridgehead atoms. The topological polar surface area (TPSA) is 66.5 Å². The summed E-state index contributed by atoms with van der Waals surface area (Å²) in [7, 11) is -3.64. The molecule has 1 amide bonds. The molecule has 1 aliphatic rings. The number of amides is 1. The van der Waals surface area contributed by atoms with E-state index in [2.05, 4.69) is 17.4 Å². The van der Waals surface area contributed by atoms with Gasteiger partial charge in [-0.1, -0.05) is 48.0 Å². The summed E-state index contributed by atoms with van der Waals surface area (Å²) >= 11 is 5.94. The Morgan fingerprint density at radius 3 is 2.68 bits per heavy atom. The quantitative estimate of drug-likeness (QED) is 0.697. The summed E-state index contributed by atoms with van der Waals surface area (Å²) in [4.78, 5) is 12.7. The lowest BCUT2D eigenvalue weighted by Crippen LogP contribution is -2.45. The molecule has 0 aromatic heterocycles. The fraction of sp³-hybridized carbons (Fsp3) is 0.381. The largest absolute Gasteiger partial charge is 0.356 e. The first kappa shape index (κ1) is 20.8. The molecule has 2 aromatic carbocycles. The van der Waals surface area contributed by atoms with Gasteiger partial charge in [-0.15, -0.1) is 0 Å². The highest BCUT2D eigenvalue weighted by Crippen LogP contribution is 2.25. The van der Waals surface area contributed by atoms with Crippen molar-refractivity contribution in [3.63, 3.8) is 0 Å². The number of carbonyl (C=O) groups excluding carboxylic acids is 1. The number of carbonyl (C=O) groups is 1. The lowest BCUT2D eigenvalue weighted by molar-refractivity contribution is -0.126. The Hall–Kier alpha value is -1.89. The Labute approximate surface area is 171 Å². The molecule has 0 saturated carbocycles. The summed E-state index contributed by atoms with van der Waals surface area (Å²) in [5.41, 5.74) is 1.24. The highest BCUT2D eigenvalue weighted by molar-refractivity contribution is 7.89. The number of nitrogens with zero attached hydrogens (tertiary/aromatic N) is 1. The summed E-state index contributed by atoms with van der Waals surface area (Å²) in [6.45, 7) is 1.22. The maximum absolute atomic E-state index is 12.9. The molecule has 0 spiro atoms. The van der Waals surface area contributed by atoms with Gasteiger partial charge in [-0.05, 0) is 49.4 Å². The number of halogens is 1. The van der Waals surface area contributed by atoms with Crippen LogP contribution in [0.1, 0.15) is 24.8 Å². The van der Waals surface area contributed by atoms with Gasteiger partial charge in [0.15, 0.2) is 0 Å². The van der Waals surface area contributed by atoms with Crippen molar-refractivity contribution >= 4 is 27.5 Å². The van der Waals surface area contributed by atoms with E-state index in [4.69, 9.17) is 11.6 Å². The van der Waals surface area contributed by atoms with Crippen molar-refractivity contribution in [2.75, 3.05) is 19.6 Å². The Morgan fingerprint density at radius 1 is 1.14 bits per heavy atom. The summed E-state index contributed by atoms with van der Waals surface area (Å²) in [5.74, 6) is -0.390. The number of sulfonamides is 1. The maximum Gasteiger partial charge on any atom is 0.243 e. The molecule has 1 N–H and O–H groups in total. The van der Waals surface area contributed by atoms with Crippen molar-refractivity contribution in [2.24, 2.45) is 5.92 Å². The lowest BCUT2D eigenvalue weighted by Gasteiger charge is -2.31. The summed E-state index contributed by atoms with van der Waals surface area (Å²) in [6.07, 6.45) is 3.13. The molecule has 0 aliphatic carbocycles. The number of piperidine rings is 1. The van der Waals surface area contributed by atoms with Crippen LogP contribution in [-0.2, 0) is 21.2 Å².